The van der Waals surface area contributed by atoms with Gasteiger partial charge in [0.2, 0.25) is 0 Å². The van der Waals surface area contributed by atoms with E-state index in [0.717, 1.165) is 17.9 Å². The molecule has 1 N–H and O–H groups in total. The lowest BCUT2D eigenvalue weighted by Crippen LogP contribution is -2.47. The van der Waals surface area contributed by atoms with Crippen LogP contribution in [0.3, 0.4) is 0 Å². The van der Waals surface area contributed by atoms with Crippen molar-refractivity contribution >= 4 is 10.0 Å². The summed E-state index contributed by atoms with van der Waals surface area (Å²) in [5, 5.41) is 3.72. The van der Waals surface area contributed by atoms with E-state index in [1.165, 1.54) is 51.5 Å². The number of hydrogen-bond acceptors (Lipinski definition) is 3. The van der Waals surface area contributed by atoms with Crippen molar-refractivity contribution in [2.75, 3.05) is 20.8 Å². The van der Waals surface area contributed by atoms with E-state index in [-0.39, 0.29) is 0 Å². The van der Waals surface area contributed by atoms with Crippen LogP contribution in [0.25, 0.3) is 0 Å². The van der Waals surface area contributed by atoms with Crippen LogP contribution in [0.4, 0.5) is 0 Å². The van der Waals surface area contributed by atoms with Crippen molar-refractivity contribution in [3.05, 3.63) is 0 Å². The Morgan fingerprint density at radius 3 is 2.44 bits per heavy atom. The van der Waals surface area contributed by atoms with Gasteiger partial charge in [0, 0.05) is 20.3 Å². The Hall–Kier alpha value is 0.0969. The van der Waals surface area contributed by atoms with Crippen molar-refractivity contribution in [2.45, 2.75) is 57.9 Å². The van der Waals surface area contributed by atoms with E-state index in [4.69, 9.17) is 0 Å². The van der Waals surface area contributed by atoms with Crippen molar-refractivity contribution in [1.82, 2.24) is 5.32 Å². The van der Waals surface area contributed by atoms with E-state index < -0.39 is 10.0 Å². The van der Waals surface area contributed by atoms with Crippen molar-refractivity contribution in [2.24, 2.45) is 11.8 Å². The van der Waals surface area contributed by atoms with Crippen LogP contribution >= 0.6 is 0 Å². The van der Waals surface area contributed by atoms with Gasteiger partial charge in [0.1, 0.15) is 0 Å². The van der Waals surface area contributed by atoms with Crippen LogP contribution in [0.2, 0.25) is 0 Å². The van der Waals surface area contributed by atoms with Crippen LogP contribution in [0, 0.1) is 11.8 Å². The zero-order chi connectivity index (χ0) is 13.2. The molecule has 0 bridgehead atoms. The minimum absolute atomic E-state index is 0.568. The Labute approximate surface area is 115 Å². The fourth-order valence-corrected chi connectivity index (χ4v) is 3.71. The van der Waals surface area contributed by atoms with Gasteiger partial charge < -0.3 is 14.2 Å². The van der Waals surface area contributed by atoms with Gasteiger partial charge in [-0.25, -0.2) is 0 Å². The van der Waals surface area contributed by atoms with Gasteiger partial charge in [0.15, 0.2) is 0 Å². The molecule has 0 amide bonds. The van der Waals surface area contributed by atoms with Gasteiger partial charge in [0.25, 0.3) is 0 Å². The third-order valence-corrected chi connectivity index (χ3v) is 4.71. The van der Waals surface area contributed by atoms with E-state index >= 15 is 0 Å². The molecule has 0 aromatic carbocycles. The van der Waals surface area contributed by atoms with Gasteiger partial charge in [-0.3, -0.25) is 0 Å². The summed E-state index contributed by atoms with van der Waals surface area (Å²) >= 11 is 0. The molecular weight excluding hydrogens is 242 g/mol. The third-order valence-electron chi connectivity index (χ3n) is 4.24. The number of hydrogen-bond donors (Lipinski definition) is 1. The lowest BCUT2D eigenvalue weighted by Gasteiger charge is -2.42. The van der Waals surface area contributed by atoms with E-state index in [0.29, 0.717) is 0 Å². The minimum Gasteiger partial charge on any atom is -0.402 e. The zero-order valence-electron chi connectivity index (χ0n) is 12.4. The first kappa shape index (κ1) is 16.2. The average molecular weight is 273 g/mol. The maximum atomic E-state index is 4.61. The molecule has 0 aromatic heterocycles. The van der Waals surface area contributed by atoms with Crippen molar-refractivity contribution in [3.63, 3.8) is 0 Å². The molecule has 3 nitrogen and oxygen atoms in total. The minimum atomic E-state index is -0.568. The Balaban J connectivity index is 0.000000280. The molecular formula is C14H31NO2Si. The number of fused-ring (bicyclic) bond motifs is 1. The van der Waals surface area contributed by atoms with Crippen LogP contribution in [0.5, 0.6) is 0 Å². The summed E-state index contributed by atoms with van der Waals surface area (Å²) in [5.74, 6) is 2.11. The Kier molecular flexibility index (Phi) is 8.93. The average Bonchev–Trinajstić information content (AvgIpc) is 2.41. The summed E-state index contributed by atoms with van der Waals surface area (Å²) in [7, 11) is 2.73. The van der Waals surface area contributed by atoms with Crippen molar-refractivity contribution in [1.29, 1.82) is 0 Å². The van der Waals surface area contributed by atoms with E-state index in [1.807, 2.05) is 0 Å². The van der Waals surface area contributed by atoms with Crippen LogP contribution in [0.15, 0.2) is 0 Å². The molecule has 1 saturated heterocycles. The Bertz CT molecular complexity index is 198. The van der Waals surface area contributed by atoms with Crippen molar-refractivity contribution in [3.8, 4) is 0 Å². The second-order valence-electron chi connectivity index (χ2n) is 5.54. The fourth-order valence-electron chi connectivity index (χ4n) is 3.47. The molecule has 108 valence electrons. The normalized spacial score (nSPS) is 31.2. The molecule has 3 unspecified atom stereocenters. The Morgan fingerprint density at radius 1 is 1.11 bits per heavy atom. The van der Waals surface area contributed by atoms with E-state index in [9.17, 15) is 0 Å². The molecule has 2 fully saturated rings. The lowest BCUT2D eigenvalue weighted by atomic mass is 9.71. The number of nitrogens with one attached hydrogen (secondary N) is 1. The summed E-state index contributed by atoms with van der Waals surface area (Å²) < 4.78 is 9.22. The van der Waals surface area contributed by atoms with E-state index in [2.05, 4.69) is 21.1 Å². The van der Waals surface area contributed by atoms with Gasteiger partial charge in [-0.15, -0.1) is 0 Å². The lowest BCUT2D eigenvalue weighted by molar-refractivity contribution is 0.128. The first-order chi connectivity index (χ1) is 8.83. The summed E-state index contributed by atoms with van der Waals surface area (Å²) in [6.45, 7) is 3.60. The number of rotatable bonds is 4. The highest BCUT2D eigenvalue weighted by Crippen LogP contribution is 2.37. The van der Waals surface area contributed by atoms with E-state index in [1.54, 1.807) is 14.2 Å². The van der Waals surface area contributed by atoms with Gasteiger partial charge >= 0.3 is 10.0 Å². The van der Waals surface area contributed by atoms with Gasteiger partial charge in [0.05, 0.1) is 0 Å². The van der Waals surface area contributed by atoms with Crippen LogP contribution in [-0.4, -0.2) is 36.8 Å². The summed E-state index contributed by atoms with van der Waals surface area (Å²) in [5.41, 5.74) is 0. The molecule has 1 aliphatic carbocycles. The number of piperidine rings is 1. The molecule has 2 rings (SSSR count). The van der Waals surface area contributed by atoms with Crippen LogP contribution < -0.4 is 5.32 Å². The molecule has 0 aromatic rings. The molecule has 1 heterocycles. The predicted molar refractivity (Wildman–Crippen MR) is 79.3 cm³/mol. The first-order valence-electron chi connectivity index (χ1n) is 7.54. The molecule has 3 atom stereocenters. The molecule has 0 radical (unpaired) electrons. The van der Waals surface area contributed by atoms with Crippen LogP contribution in [0.1, 0.15) is 51.9 Å². The molecule has 0 spiro atoms. The smallest absolute Gasteiger partial charge is 0.303 e. The fraction of sp³-hybridized carbons (Fsp3) is 1.00. The predicted octanol–water partition coefficient (Wildman–Crippen LogP) is 2.23. The largest absolute Gasteiger partial charge is 0.402 e. The zero-order valence-corrected chi connectivity index (χ0v) is 13.8. The monoisotopic (exact) mass is 273 g/mol. The second-order valence-corrected chi connectivity index (χ2v) is 6.93. The molecule has 1 aliphatic heterocycles. The standard InChI is InChI=1S/C12H23N.C2H8O2Si/c1-2-5-12-11-7-4-3-6-10(11)8-9-13-12;1-3-5-4-2/h10-13H,2-9H2,1H3;5H2,1-2H3. The highest BCUT2D eigenvalue weighted by Gasteiger charge is 2.33. The maximum Gasteiger partial charge on any atom is 0.303 e. The summed E-state index contributed by atoms with van der Waals surface area (Å²) in [6.07, 6.45) is 10.2. The van der Waals surface area contributed by atoms with Gasteiger partial charge in [-0.1, -0.05) is 32.6 Å². The maximum absolute atomic E-state index is 4.61. The highest BCUT2D eigenvalue weighted by atomic mass is 28.3. The quantitative estimate of drug-likeness (QED) is 0.797. The van der Waals surface area contributed by atoms with Gasteiger partial charge in [-0.2, -0.15) is 0 Å². The second kappa shape index (κ2) is 9.95. The highest BCUT2D eigenvalue weighted by molar-refractivity contribution is 6.17. The van der Waals surface area contributed by atoms with Crippen molar-refractivity contribution < 1.29 is 8.85 Å². The molecule has 1 saturated carbocycles. The molecule has 4 heteroatoms. The topological polar surface area (TPSA) is 30.5 Å². The third kappa shape index (κ3) is 5.39. The Morgan fingerprint density at radius 2 is 1.83 bits per heavy atom. The molecule has 18 heavy (non-hydrogen) atoms. The molecule has 2 aliphatic rings. The van der Waals surface area contributed by atoms with Crippen LogP contribution in [-0.2, 0) is 8.85 Å². The summed E-state index contributed by atoms with van der Waals surface area (Å²) in [6, 6.07) is 0.865. The first-order valence-corrected chi connectivity index (χ1v) is 8.70. The van der Waals surface area contributed by atoms with Gasteiger partial charge in [-0.05, 0) is 37.6 Å². The summed E-state index contributed by atoms with van der Waals surface area (Å²) in [4.78, 5) is 0. The SMILES string of the molecule is CCCC1NCCC2CCCCC21.CO[SiH2]OC.